The third-order valence-corrected chi connectivity index (χ3v) is 9.28. The van der Waals surface area contributed by atoms with E-state index in [1.807, 2.05) is 66.9 Å². The van der Waals surface area contributed by atoms with Gasteiger partial charge in [-0.15, -0.1) is 0 Å². The number of amides is 2. The number of hydrogen-bond acceptors (Lipinski definition) is 3. The van der Waals surface area contributed by atoms with E-state index >= 15 is 0 Å². The summed E-state index contributed by atoms with van der Waals surface area (Å²) in [5.74, 6) is -1.56. The number of anilines is 1. The lowest BCUT2D eigenvalue weighted by Gasteiger charge is -2.52. The Hall–Kier alpha value is -3.83. The number of aliphatic imine (C=N–C) groups is 1. The predicted molar refractivity (Wildman–Crippen MR) is 153 cm³/mol. The van der Waals surface area contributed by atoms with Gasteiger partial charge in [-0.2, -0.15) is 0 Å². The third kappa shape index (κ3) is 2.99. The SMILES string of the molecule is Cc1cccc(N=CC23c4ccccc4C(c4ccccc42)[C@@H]2C(=O)N(c4ccc(Br)cc4)C(=O)[C@H]23)c1C. The molecule has 0 N–H and O–H groups in total. The fourth-order valence-corrected chi connectivity index (χ4v) is 7.21. The van der Waals surface area contributed by atoms with E-state index in [2.05, 4.69) is 60.1 Å². The van der Waals surface area contributed by atoms with Crippen LogP contribution >= 0.6 is 15.9 Å². The maximum atomic E-state index is 14.4. The van der Waals surface area contributed by atoms with Crippen molar-refractivity contribution in [2.45, 2.75) is 25.2 Å². The van der Waals surface area contributed by atoms with Gasteiger partial charge in [-0.3, -0.25) is 14.6 Å². The van der Waals surface area contributed by atoms with Crippen molar-refractivity contribution in [2.75, 3.05) is 4.90 Å². The monoisotopic (exact) mass is 560 g/mol. The van der Waals surface area contributed by atoms with Gasteiger partial charge >= 0.3 is 0 Å². The maximum absolute atomic E-state index is 14.4. The minimum Gasteiger partial charge on any atom is -0.274 e. The van der Waals surface area contributed by atoms with Crippen LogP contribution in [-0.2, 0) is 15.0 Å². The summed E-state index contributed by atoms with van der Waals surface area (Å²) in [6, 6.07) is 30.1. The second-order valence-electron chi connectivity index (χ2n) is 10.5. The van der Waals surface area contributed by atoms with E-state index in [1.54, 1.807) is 0 Å². The number of benzene rings is 4. The van der Waals surface area contributed by atoms with E-state index in [-0.39, 0.29) is 17.7 Å². The third-order valence-electron chi connectivity index (χ3n) is 8.75. The van der Waals surface area contributed by atoms with Crippen LogP contribution in [0.5, 0.6) is 0 Å². The quantitative estimate of drug-likeness (QED) is 0.199. The van der Waals surface area contributed by atoms with Gasteiger partial charge in [-0.1, -0.05) is 76.6 Å². The number of halogens is 1. The maximum Gasteiger partial charge on any atom is 0.239 e. The van der Waals surface area contributed by atoms with Crippen LogP contribution in [0.25, 0.3) is 0 Å². The normalized spacial score (nSPS) is 25.0. The molecule has 4 aromatic rings. The first kappa shape index (κ1) is 23.3. The number of imide groups is 1. The van der Waals surface area contributed by atoms with Crippen molar-refractivity contribution in [3.05, 3.63) is 129 Å². The lowest BCUT2D eigenvalue weighted by atomic mass is 9.47. The van der Waals surface area contributed by atoms with E-state index in [0.29, 0.717) is 5.69 Å². The molecule has 3 aliphatic carbocycles. The molecule has 0 radical (unpaired) electrons. The number of hydrogen-bond donors (Lipinski definition) is 0. The Labute approximate surface area is 230 Å². The predicted octanol–water partition coefficient (Wildman–Crippen LogP) is 7.02. The Morgan fingerprint density at radius 1 is 0.789 bits per heavy atom. The summed E-state index contributed by atoms with van der Waals surface area (Å²) in [4.78, 5) is 35.1. The number of carbonyl (C=O) groups is 2. The van der Waals surface area contributed by atoms with Crippen molar-refractivity contribution in [3.8, 4) is 0 Å². The topological polar surface area (TPSA) is 49.7 Å². The van der Waals surface area contributed by atoms with Crippen molar-refractivity contribution < 1.29 is 9.59 Å². The molecule has 1 saturated heterocycles. The van der Waals surface area contributed by atoms with Crippen molar-refractivity contribution in [2.24, 2.45) is 16.8 Å². The highest BCUT2D eigenvalue weighted by Gasteiger charge is 2.67. The lowest BCUT2D eigenvalue weighted by Crippen LogP contribution is -2.54. The van der Waals surface area contributed by atoms with Crippen LogP contribution in [0.15, 0.2) is 100 Å². The van der Waals surface area contributed by atoms with Crippen molar-refractivity contribution in [1.82, 2.24) is 0 Å². The highest BCUT2D eigenvalue weighted by atomic mass is 79.9. The van der Waals surface area contributed by atoms with Crippen LogP contribution < -0.4 is 4.90 Å². The largest absolute Gasteiger partial charge is 0.274 e. The van der Waals surface area contributed by atoms with Crippen LogP contribution in [0.4, 0.5) is 11.4 Å². The van der Waals surface area contributed by atoms with Crippen molar-refractivity contribution >= 4 is 45.3 Å². The Balaban J connectivity index is 1.51. The molecule has 1 aliphatic heterocycles. The molecule has 0 saturated carbocycles. The fraction of sp³-hybridized carbons (Fsp3) is 0.182. The molecular formula is C33H25BrN2O2. The summed E-state index contributed by atoms with van der Waals surface area (Å²) in [7, 11) is 0. The minimum absolute atomic E-state index is 0.138. The molecule has 5 heteroatoms. The zero-order chi connectivity index (χ0) is 26.2. The first-order chi connectivity index (χ1) is 18.4. The molecule has 0 unspecified atom stereocenters. The number of nitrogens with zero attached hydrogens (tertiary/aromatic N) is 2. The van der Waals surface area contributed by atoms with Gasteiger partial charge in [0.15, 0.2) is 0 Å². The summed E-state index contributed by atoms with van der Waals surface area (Å²) in [5.41, 5.74) is 7.24. The first-order valence-corrected chi connectivity index (χ1v) is 13.7. The fourth-order valence-electron chi connectivity index (χ4n) is 6.94. The number of carbonyl (C=O) groups excluding carboxylic acids is 2. The Morgan fingerprint density at radius 3 is 2.08 bits per heavy atom. The molecule has 38 heavy (non-hydrogen) atoms. The van der Waals surface area contributed by atoms with Gasteiger partial charge in [0, 0.05) is 16.6 Å². The molecule has 1 heterocycles. The van der Waals surface area contributed by atoms with E-state index in [0.717, 1.165) is 43.5 Å². The van der Waals surface area contributed by atoms with Gasteiger partial charge in [-0.05, 0) is 77.6 Å². The molecule has 2 bridgehead atoms. The summed E-state index contributed by atoms with van der Waals surface area (Å²) in [6.07, 6.45) is 1.97. The summed E-state index contributed by atoms with van der Waals surface area (Å²) >= 11 is 3.47. The van der Waals surface area contributed by atoms with Crippen LogP contribution in [-0.4, -0.2) is 18.0 Å². The second-order valence-corrected chi connectivity index (χ2v) is 11.4. The summed E-state index contributed by atoms with van der Waals surface area (Å²) in [6.45, 7) is 4.15. The van der Waals surface area contributed by atoms with Gasteiger partial charge in [0.25, 0.3) is 0 Å². The zero-order valence-electron chi connectivity index (χ0n) is 21.1. The highest BCUT2D eigenvalue weighted by Crippen LogP contribution is 2.63. The zero-order valence-corrected chi connectivity index (χ0v) is 22.6. The highest BCUT2D eigenvalue weighted by molar-refractivity contribution is 9.10. The van der Waals surface area contributed by atoms with Crippen molar-refractivity contribution in [1.29, 1.82) is 0 Å². The van der Waals surface area contributed by atoms with Crippen LogP contribution in [0, 0.1) is 25.7 Å². The Kier molecular flexibility index (Phi) is 5.11. The first-order valence-electron chi connectivity index (χ1n) is 12.9. The molecular weight excluding hydrogens is 536 g/mol. The van der Waals surface area contributed by atoms with Crippen LogP contribution in [0.1, 0.15) is 39.3 Å². The van der Waals surface area contributed by atoms with Gasteiger partial charge in [0.1, 0.15) is 0 Å². The Morgan fingerprint density at radius 2 is 1.42 bits per heavy atom. The molecule has 0 aromatic heterocycles. The van der Waals surface area contributed by atoms with Gasteiger partial charge in [0.05, 0.1) is 28.6 Å². The van der Waals surface area contributed by atoms with Gasteiger partial charge in [-0.25, -0.2) is 4.90 Å². The van der Waals surface area contributed by atoms with E-state index < -0.39 is 17.3 Å². The van der Waals surface area contributed by atoms with Crippen LogP contribution in [0.2, 0.25) is 0 Å². The average molecular weight is 561 g/mol. The van der Waals surface area contributed by atoms with Gasteiger partial charge in [0.2, 0.25) is 11.8 Å². The van der Waals surface area contributed by atoms with Crippen LogP contribution in [0.3, 0.4) is 0 Å². The average Bonchev–Trinajstić information content (AvgIpc) is 3.21. The summed E-state index contributed by atoms with van der Waals surface area (Å²) in [5, 5.41) is 0. The van der Waals surface area contributed by atoms with Crippen molar-refractivity contribution in [3.63, 3.8) is 0 Å². The molecule has 1 fully saturated rings. The molecule has 2 amide bonds. The molecule has 2 atom stereocenters. The smallest absolute Gasteiger partial charge is 0.239 e. The standard InChI is InChI=1S/C33H25BrN2O2/c1-19-8-7-13-27(20(19)2)35-18-33-25-11-5-3-9-23(25)28(24-10-4-6-12-26(24)33)29-30(33)32(38)36(31(29)37)22-16-14-21(34)15-17-22/h3-18,28-30H,1-2H3/t28?,29-,30-,33?/m0/s1. The second kappa shape index (κ2) is 8.34. The molecule has 4 aromatic carbocycles. The lowest BCUT2D eigenvalue weighted by molar-refractivity contribution is -0.122. The Bertz CT molecular complexity index is 1630. The number of rotatable bonds is 3. The molecule has 186 valence electrons. The number of aryl methyl sites for hydroxylation is 1. The molecule has 4 aliphatic rings. The minimum atomic E-state index is -0.861. The molecule has 0 spiro atoms. The van der Waals surface area contributed by atoms with E-state index in [4.69, 9.17) is 4.99 Å². The molecule has 4 nitrogen and oxygen atoms in total. The molecule has 8 rings (SSSR count). The van der Waals surface area contributed by atoms with E-state index in [1.165, 1.54) is 4.90 Å². The van der Waals surface area contributed by atoms with Gasteiger partial charge < -0.3 is 0 Å². The summed E-state index contributed by atoms with van der Waals surface area (Å²) < 4.78 is 0.898. The van der Waals surface area contributed by atoms with E-state index in [9.17, 15) is 9.59 Å².